The lowest BCUT2D eigenvalue weighted by atomic mass is 10.0. The Morgan fingerprint density at radius 2 is 1.21 bits per heavy atom. The highest BCUT2D eigenvalue weighted by Gasteiger charge is 2.57. The summed E-state index contributed by atoms with van der Waals surface area (Å²) in [5, 5.41) is 0. The molecule has 0 aromatic carbocycles. The smallest absolute Gasteiger partial charge is 0.344 e. The molecule has 0 N–H and O–H groups in total. The molecule has 2 rings (SSSR count). The Bertz CT molecular complexity index is 254. The Morgan fingerprint density at radius 3 is 1.53 bits per heavy atom. The fourth-order valence-corrected chi connectivity index (χ4v) is 10.3. The maximum Gasteiger partial charge on any atom is 0.344 e. The Kier molecular flexibility index (Phi) is 5.50. The first-order chi connectivity index (χ1) is 9.23. The molecule has 0 aliphatic heterocycles. The van der Waals surface area contributed by atoms with Crippen molar-refractivity contribution in [2.75, 3.05) is 14.2 Å². The molecule has 0 amide bonds. The van der Waals surface area contributed by atoms with Crippen LogP contribution in [0.1, 0.15) is 65.2 Å². The van der Waals surface area contributed by atoms with Gasteiger partial charge < -0.3 is 8.85 Å². The van der Waals surface area contributed by atoms with Gasteiger partial charge in [0.25, 0.3) is 0 Å². The molecule has 2 saturated carbocycles. The molecule has 0 aromatic rings. The van der Waals surface area contributed by atoms with Crippen molar-refractivity contribution in [2.24, 2.45) is 11.8 Å². The third kappa shape index (κ3) is 2.66. The van der Waals surface area contributed by atoms with E-state index in [-0.39, 0.29) is 0 Å². The molecule has 0 bridgehead atoms. The number of hydrogen-bond donors (Lipinski definition) is 0. The van der Waals surface area contributed by atoms with Gasteiger partial charge in [-0.1, -0.05) is 52.4 Å². The molecule has 0 aromatic heterocycles. The summed E-state index contributed by atoms with van der Waals surface area (Å²) in [5.74, 6) is 1.70. The van der Waals surface area contributed by atoms with Crippen LogP contribution < -0.4 is 0 Å². The van der Waals surface area contributed by atoms with Crippen LogP contribution in [0.25, 0.3) is 0 Å². The highest BCUT2D eigenvalue weighted by Crippen LogP contribution is 2.55. The van der Waals surface area contributed by atoms with E-state index in [1.165, 1.54) is 51.4 Å². The summed E-state index contributed by atoms with van der Waals surface area (Å²) in [4.78, 5) is 0. The van der Waals surface area contributed by atoms with Crippen molar-refractivity contribution >= 4 is 8.56 Å². The van der Waals surface area contributed by atoms with Gasteiger partial charge in [0, 0.05) is 25.3 Å². The van der Waals surface area contributed by atoms with Crippen LogP contribution in [0.15, 0.2) is 0 Å². The Balaban J connectivity index is 2.25. The van der Waals surface area contributed by atoms with E-state index in [4.69, 9.17) is 8.85 Å². The van der Waals surface area contributed by atoms with Crippen LogP contribution in [0, 0.1) is 11.8 Å². The van der Waals surface area contributed by atoms with Gasteiger partial charge in [0.1, 0.15) is 0 Å². The van der Waals surface area contributed by atoms with Crippen LogP contribution in [0.2, 0.25) is 11.1 Å². The average Bonchev–Trinajstić information content (AvgIpc) is 3.10. The molecule has 4 atom stereocenters. The molecule has 0 spiro atoms. The van der Waals surface area contributed by atoms with Crippen molar-refractivity contribution in [1.82, 2.24) is 0 Å². The predicted octanol–water partition coefficient (Wildman–Crippen LogP) is 4.88. The van der Waals surface area contributed by atoms with E-state index in [2.05, 4.69) is 13.8 Å². The van der Waals surface area contributed by atoms with E-state index in [1.807, 2.05) is 14.2 Å². The molecule has 0 heterocycles. The Hall–Kier alpha value is 0.137. The summed E-state index contributed by atoms with van der Waals surface area (Å²) in [7, 11) is 1.83. The Labute approximate surface area is 120 Å². The summed E-state index contributed by atoms with van der Waals surface area (Å²) in [6, 6.07) is 0. The van der Waals surface area contributed by atoms with Crippen molar-refractivity contribution in [3.63, 3.8) is 0 Å². The predicted molar refractivity (Wildman–Crippen MR) is 82.5 cm³/mol. The topological polar surface area (TPSA) is 18.5 Å². The molecular weight excluding hydrogens is 252 g/mol. The van der Waals surface area contributed by atoms with Crippen LogP contribution in [-0.4, -0.2) is 22.8 Å². The first kappa shape index (κ1) is 15.5. The van der Waals surface area contributed by atoms with Crippen LogP contribution in [-0.2, 0) is 8.85 Å². The summed E-state index contributed by atoms with van der Waals surface area (Å²) >= 11 is 0. The van der Waals surface area contributed by atoms with Gasteiger partial charge in [-0.3, -0.25) is 0 Å². The van der Waals surface area contributed by atoms with Gasteiger partial charge in [0.2, 0.25) is 0 Å². The van der Waals surface area contributed by atoms with Gasteiger partial charge >= 0.3 is 8.56 Å². The SMILES string of the molecule is CCC1CCCC1[Si](OC)(OC)C1CCCC1CC. The van der Waals surface area contributed by atoms with E-state index >= 15 is 0 Å². The van der Waals surface area contributed by atoms with Gasteiger partial charge in [0.15, 0.2) is 0 Å². The van der Waals surface area contributed by atoms with E-state index in [0.29, 0.717) is 0 Å². The monoisotopic (exact) mass is 284 g/mol. The third-order valence-electron chi connectivity index (χ3n) is 6.04. The minimum absolute atomic E-state index is 0.740. The molecular formula is C16H32O2Si. The van der Waals surface area contributed by atoms with Crippen LogP contribution in [0.5, 0.6) is 0 Å². The number of rotatable bonds is 6. The van der Waals surface area contributed by atoms with E-state index in [1.54, 1.807) is 0 Å². The molecule has 0 saturated heterocycles. The summed E-state index contributed by atoms with van der Waals surface area (Å²) in [5.41, 5.74) is 1.48. The lowest BCUT2D eigenvalue weighted by Gasteiger charge is -2.42. The maximum absolute atomic E-state index is 6.24. The zero-order valence-electron chi connectivity index (χ0n) is 13.3. The average molecular weight is 285 g/mol. The van der Waals surface area contributed by atoms with Crippen LogP contribution in [0.3, 0.4) is 0 Å². The fraction of sp³-hybridized carbons (Fsp3) is 1.00. The van der Waals surface area contributed by atoms with Crippen molar-refractivity contribution in [2.45, 2.75) is 76.3 Å². The molecule has 112 valence electrons. The van der Waals surface area contributed by atoms with Crippen LogP contribution in [0.4, 0.5) is 0 Å². The second-order valence-corrected chi connectivity index (χ2v) is 10.3. The highest BCUT2D eigenvalue weighted by molar-refractivity contribution is 6.70. The highest BCUT2D eigenvalue weighted by atomic mass is 28.4. The van der Waals surface area contributed by atoms with Crippen LogP contribution >= 0.6 is 0 Å². The minimum Gasteiger partial charge on any atom is -0.397 e. The molecule has 3 heteroatoms. The molecule has 19 heavy (non-hydrogen) atoms. The van der Waals surface area contributed by atoms with Gasteiger partial charge in [-0.25, -0.2) is 0 Å². The lowest BCUT2D eigenvalue weighted by Crippen LogP contribution is -2.51. The van der Waals surface area contributed by atoms with Crippen molar-refractivity contribution < 1.29 is 8.85 Å². The first-order valence-corrected chi connectivity index (χ1v) is 10.3. The molecule has 4 unspecified atom stereocenters. The minimum atomic E-state index is -2.05. The third-order valence-corrected chi connectivity index (χ3v) is 10.9. The van der Waals surface area contributed by atoms with Crippen molar-refractivity contribution in [1.29, 1.82) is 0 Å². The zero-order valence-corrected chi connectivity index (χ0v) is 14.3. The summed E-state index contributed by atoms with van der Waals surface area (Å²) in [6.07, 6.45) is 10.9. The summed E-state index contributed by atoms with van der Waals surface area (Å²) in [6.45, 7) is 4.69. The van der Waals surface area contributed by atoms with Crippen molar-refractivity contribution in [3.05, 3.63) is 0 Å². The summed E-state index contributed by atoms with van der Waals surface area (Å²) < 4.78 is 12.5. The molecule has 0 radical (unpaired) electrons. The molecule has 2 fully saturated rings. The standard InChI is InChI=1S/C16H32O2Si/c1-5-13-9-7-11-15(13)19(17-3,18-4)16-12-8-10-14(16)6-2/h13-16H,5-12H2,1-4H3. The lowest BCUT2D eigenvalue weighted by molar-refractivity contribution is 0.194. The van der Waals surface area contributed by atoms with Gasteiger partial charge in [0.05, 0.1) is 0 Å². The van der Waals surface area contributed by atoms with E-state index < -0.39 is 8.56 Å². The van der Waals surface area contributed by atoms with Gasteiger partial charge in [-0.2, -0.15) is 0 Å². The quantitative estimate of drug-likeness (QED) is 0.647. The normalized spacial score (nSPS) is 36.0. The number of hydrogen-bond acceptors (Lipinski definition) is 2. The Morgan fingerprint density at radius 1 is 0.789 bits per heavy atom. The van der Waals surface area contributed by atoms with E-state index in [9.17, 15) is 0 Å². The zero-order chi connectivity index (χ0) is 13.9. The van der Waals surface area contributed by atoms with Gasteiger partial charge in [-0.05, 0) is 24.7 Å². The van der Waals surface area contributed by atoms with Gasteiger partial charge in [-0.15, -0.1) is 0 Å². The largest absolute Gasteiger partial charge is 0.397 e. The molecule has 2 aliphatic rings. The molecule has 2 aliphatic carbocycles. The maximum atomic E-state index is 6.24. The molecule has 2 nitrogen and oxygen atoms in total. The fourth-order valence-electron chi connectivity index (χ4n) is 5.07. The van der Waals surface area contributed by atoms with E-state index in [0.717, 1.165) is 22.9 Å². The second kappa shape index (κ2) is 6.73. The first-order valence-electron chi connectivity index (χ1n) is 8.33. The van der Waals surface area contributed by atoms with Crippen molar-refractivity contribution in [3.8, 4) is 0 Å². The second-order valence-electron chi connectivity index (χ2n) is 6.54.